The zero-order chi connectivity index (χ0) is 28.0. The van der Waals surface area contributed by atoms with Gasteiger partial charge in [0, 0.05) is 35.3 Å². The Bertz CT molecular complexity index is 1430. The Labute approximate surface area is 223 Å². The van der Waals surface area contributed by atoms with Crippen LogP contribution in [0, 0.1) is 5.92 Å². The fraction of sp³-hybridized carbons (Fsp3) is 0.276. The number of aldehydes is 1. The number of carbonyl (C=O) groups is 3. The summed E-state index contributed by atoms with van der Waals surface area (Å²) in [6.45, 7) is 3.01. The molecular weight excluding hydrogens is 509 g/mol. The first-order chi connectivity index (χ1) is 18.6. The summed E-state index contributed by atoms with van der Waals surface area (Å²) in [5.74, 6) is -5.38. The fourth-order valence-electron chi connectivity index (χ4n) is 4.74. The summed E-state index contributed by atoms with van der Waals surface area (Å²) >= 11 is 0. The molecule has 0 saturated heterocycles. The number of allylic oxidation sites excluding steroid dienone is 2. The van der Waals surface area contributed by atoms with Crippen molar-refractivity contribution < 1.29 is 27.6 Å². The summed E-state index contributed by atoms with van der Waals surface area (Å²) in [7, 11) is 0. The van der Waals surface area contributed by atoms with Gasteiger partial charge in [-0.05, 0) is 67.3 Å². The third-order valence-corrected chi connectivity index (χ3v) is 6.68. The van der Waals surface area contributed by atoms with Gasteiger partial charge in [0.1, 0.15) is 12.0 Å². The minimum atomic E-state index is -3.03. The normalized spacial score (nSPS) is 17.6. The highest BCUT2D eigenvalue weighted by atomic mass is 19.3. The highest BCUT2D eigenvalue weighted by molar-refractivity contribution is 6.08. The fourth-order valence-corrected chi connectivity index (χ4v) is 4.74. The Morgan fingerprint density at radius 1 is 1.10 bits per heavy atom. The average molecular weight is 537 g/mol. The first kappa shape index (κ1) is 27.7. The van der Waals surface area contributed by atoms with Crippen LogP contribution in [0.3, 0.4) is 0 Å². The lowest BCUT2D eigenvalue weighted by molar-refractivity contribution is -0.114. The van der Waals surface area contributed by atoms with Gasteiger partial charge in [-0.1, -0.05) is 30.8 Å². The highest BCUT2D eigenvalue weighted by Gasteiger charge is 2.32. The van der Waals surface area contributed by atoms with Crippen LogP contribution < -0.4 is 10.6 Å². The number of nitrogens with one attached hydrogen (secondary N) is 2. The van der Waals surface area contributed by atoms with E-state index in [0.29, 0.717) is 54.7 Å². The SMILES string of the molecule is C=C(F)C(=O)Nc1cccc2ccc(-c3nccc(C(=O)NC4CCC(CC(F)(F)/C=C/C=O)CC4)n3)cc12. The molecule has 0 aliphatic heterocycles. The van der Waals surface area contributed by atoms with Crippen molar-refractivity contribution in [2.45, 2.75) is 44.1 Å². The van der Waals surface area contributed by atoms with Gasteiger partial charge < -0.3 is 10.6 Å². The van der Waals surface area contributed by atoms with Gasteiger partial charge in [-0.2, -0.15) is 0 Å². The molecule has 2 aromatic carbocycles. The largest absolute Gasteiger partial charge is 0.348 e. The van der Waals surface area contributed by atoms with Crippen molar-refractivity contribution in [1.82, 2.24) is 15.3 Å². The molecule has 4 rings (SSSR count). The Morgan fingerprint density at radius 3 is 2.59 bits per heavy atom. The van der Waals surface area contributed by atoms with Gasteiger partial charge in [0.2, 0.25) is 0 Å². The molecule has 0 atom stereocenters. The Hall–Kier alpha value is -4.34. The maximum absolute atomic E-state index is 13.9. The first-order valence-electron chi connectivity index (χ1n) is 12.5. The standard InChI is InChI=1S/C29H27F3N4O3/c1-18(30)27(38)36-24-5-2-4-20-8-9-21(16-23(20)24)26-33-14-12-25(35-26)28(39)34-22-10-6-19(7-11-22)17-29(31,32)13-3-15-37/h2-5,8-9,12-16,19,22H,1,6-7,10-11,17H2,(H,34,39)(H,36,38)/b13-3+. The van der Waals surface area contributed by atoms with Gasteiger partial charge in [-0.25, -0.2) is 23.1 Å². The monoisotopic (exact) mass is 536 g/mol. The topological polar surface area (TPSA) is 101 Å². The first-order valence-corrected chi connectivity index (χ1v) is 12.5. The van der Waals surface area contributed by atoms with Crippen molar-refractivity contribution in [2.24, 2.45) is 5.92 Å². The zero-order valence-electron chi connectivity index (χ0n) is 21.0. The van der Waals surface area contributed by atoms with E-state index in [1.807, 2.05) is 6.07 Å². The summed E-state index contributed by atoms with van der Waals surface area (Å²) in [5, 5.41) is 6.85. The number of anilines is 1. The molecule has 1 saturated carbocycles. The van der Waals surface area contributed by atoms with Gasteiger partial charge in [0.25, 0.3) is 17.7 Å². The number of halogens is 3. The number of aromatic nitrogens is 2. The van der Waals surface area contributed by atoms with E-state index < -0.39 is 23.6 Å². The molecule has 0 unspecified atom stereocenters. The summed E-state index contributed by atoms with van der Waals surface area (Å²) in [6.07, 6.45) is 5.13. The number of hydrogen-bond donors (Lipinski definition) is 2. The van der Waals surface area contributed by atoms with Gasteiger partial charge in [-0.15, -0.1) is 0 Å². The van der Waals surface area contributed by atoms with E-state index >= 15 is 0 Å². The smallest absolute Gasteiger partial charge is 0.283 e. The number of nitrogens with zero attached hydrogens (tertiary/aromatic N) is 2. The lowest BCUT2D eigenvalue weighted by Crippen LogP contribution is -2.38. The maximum atomic E-state index is 13.9. The molecule has 10 heteroatoms. The van der Waals surface area contributed by atoms with Crippen molar-refractivity contribution in [2.75, 3.05) is 5.32 Å². The second-order valence-corrected chi connectivity index (χ2v) is 9.52. The van der Waals surface area contributed by atoms with Gasteiger partial charge in [-0.3, -0.25) is 14.4 Å². The van der Waals surface area contributed by atoms with E-state index in [1.54, 1.807) is 30.3 Å². The molecular formula is C29H27F3N4O3. The number of rotatable bonds is 9. The molecule has 1 aromatic heterocycles. The molecule has 7 nitrogen and oxygen atoms in total. The van der Waals surface area contributed by atoms with E-state index in [9.17, 15) is 27.6 Å². The average Bonchev–Trinajstić information content (AvgIpc) is 2.93. The van der Waals surface area contributed by atoms with E-state index in [1.165, 1.54) is 12.3 Å². The maximum Gasteiger partial charge on any atom is 0.283 e. The van der Waals surface area contributed by atoms with Crippen LogP contribution in [0.2, 0.25) is 0 Å². The van der Waals surface area contributed by atoms with Crippen LogP contribution in [0.15, 0.2) is 73.2 Å². The van der Waals surface area contributed by atoms with E-state index in [0.717, 1.165) is 11.5 Å². The molecule has 0 radical (unpaired) electrons. The number of carbonyl (C=O) groups excluding carboxylic acids is 3. The van der Waals surface area contributed by atoms with Crippen molar-refractivity contribution in [3.05, 3.63) is 78.9 Å². The molecule has 1 aliphatic carbocycles. The zero-order valence-corrected chi connectivity index (χ0v) is 21.0. The number of amides is 2. The minimum Gasteiger partial charge on any atom is -0.348 e. The predicted octanol–water partition coefficient (Wildman–Crippen LogP) is 5.79. The van der Waals surface area contributed by atoms with Crippen LogP contribution in [-0.4, -0.2) is 40.0 Å². The lowest BCUT2D eigenvalue weighted by Gasteiger charge is -2.30. The molecule has 39 heavy (non-hydrogen) atoms. The van der Waals surface area contributed by atoms with Crippen molar-refractivity contribution in [3.8, 4) is 11.4 Å². The van der Waals surface area contributed by atoms with Crippen LogP contribution in [0.1, 0.15) is 42.6 Å². The summed E-state index contributed by atoms with van der Waals surface area (Å²) < 4.78 is 41.1. The van der Waals surface area contributed by atoms with E-state index in [2.05, 4.69) is 27.2 Å². The van der Waals surface area contributed by atoms with E-state index in [4.69, 9.17) is 0 Å². The molecule has 2 N–H and O–H groups in total. The Balaban J connectivity index is 1.43. The van der Waals surface area contributed by atoms with Crippen LogP contribution in [0.5, 0.6) is 0 Å². The van der Waals surface area contributed by atoms with Crippen LogP contribution in [-0.2, 0) is 9.59 Å². The molecule has 1 aliphatic rings. The van der Waals surface area contributed by atoms with Crippen LogP contribution in [0.4, 0.5) is 18.9 Å². The Kier molecular flexibility index (Phi) is 8.53. The summed E-state index contributed by atoms with van der Waals surface area (Å²) in [6, 6.07) is 11.8. The Morgan fingerprint density at radius 2 is 1.87 bits per heavy atom. The number of benzene rings is 2. The van der Waals surface area contributed by atoms with Crippen LogP contribution >= 0.6 is 0 Å². The number of alkyl halides is 2. The number of fused-ring (bicyclic) bond motifs is 1. The molecule has 1 heterocycles. The summed E-state index contributed by atoms with van der Waals surface area (Å²) in [5.41, 5.74) is 1.13. The second kappa shape index (κ2) is 12.0. The molecule has 0 bridgehead atoms. The highest BCUT2D eigenvalue weighted by Crippen LogP contribution is 2.34. The second-order valence-electron chi connectivity index (χ2n) is 9.52. The lowest BCUT2D eigenvalue weighted by atomic mass is 9.82. The minimum absolute atomic E-state index is 0.156. The molecule has 202 valence electrons. The van der Waals surface area contributed by atoms with Crippen molar-refractivity contribution >= 4 is 34.6 Å². The van der Waals surface area contributed by atoms with Crippen molar-refractivity contribution in [3.63, 3.8) is 0 Å². The molecule has 3 aromatic rings. The molecule has 2 amide bonds. The van der Waals surface area contributed by atoms with Crippen molar-refractivity contribution in [1.29, 1.82) is 0 Å². The van der Waals surface area contributed by atoms with Gasteiger partial charge in [0.05, 0.1) is 0 Å². The molecule has 0 spiro atoms. The molecule has 1 fully saturated rings. The van der Waals surface area contributed by atoms with E-state index in [-0.39, 0.29) is 29.9 Å². The third-order valence-electron chi connectivity index (χ3n) is 6.68. The quantitative estimate of drug-likeness (QED) is 0.266. The predicted molar refractivity (Wildman–Crippen MR) is 142 cm³/mol. The number of hydrogen-bond acceptors (Lipinski definition) is 5. The third kappa shape index (κ3) is 7.16. The van der Waals surface area contributed by atoms with Gasteiger partial charge >= 0.3 is 0 Å². The van der Waals surface area contributed by atoms with Gasteiger partial charge in [0.15, 0.2) is 11.7 Å². The summed E-state index contributed by atoms with van der Waals surface area (Å²) in [4.78, 5) is 43.7. The van der Waals surface area contributed by atoms with Crippen LogP contribution in [0.25, 0.3) is 22.2 Å².